The summed E-state index contributed by atoms with van der Waals surface area (Å²) in [6, 6.07) is 12.1. The minimum absolute atomic E-state index is 0.0212. The van der Waals surface area contributed by atoms with E-state index in [2.05, 4.69) is 10.4 Å². The van der Waals surface area contributed by atoms with Crippen LogP contribution in [-0.2, 0) is 30.8 Å². The summed E-state index contributed by atoms with van der Waals surface area (Å²) >= 11 is 12.5. The predicted octanol–water partition coefficient (Wildman–Crippen LogP) is 7.20. The molecule has 1 aromatic heterocycles. The molecule has 0 spiro atoms. The van der Waals surface area contributed by atoms with E-state index in [-0.39, 0.29) is 36.2 Å². The van der Waals surface area contributed by atoms with Gasteiger partial charge in [0.25, 0.3) is 11.8 Å². The van der Waals surface area contributed by atoms with Gasteiger partial charge in [-0.1, -0.05) is 65.2 Å². The van der Waals surface area contributed by atoms with Crippen molar-refractivity contribution in [1.82, 2.24) is 14.9 Å². The SMILES string of the molecule is Cc1cccc([C@H]2C3=CC[C@@H]4C(=O)N(C(C)(C)C)C(=O)[C@@H]4[C@@H]3C[C@H]3C(=O)N(Nc4ncc(C(F)(F)F)cc4Cl)C(=O)[C@@]23c2ccc(Cl)cc2)c1O. The normalized spacial score (nSPS) is 27.7. The van der Waals surface area contributed by atoms with Crippen molar-refractivity contribution in [2.45, 2.75) is 63.6 Å². The Morgan fingerprint density at radius 1 is 0.961 bits per heavy atom. The van der Waals surface area contributed by atoms with E-state index < -0.39 is 69.1 Å². The van der Waals surface area contributed by atoms with Crippen LogP contribution in [0.5, 0.6) is 5.75 Å². The molecule has 6 atom stereocenters. The van der Waals surface area contributed by atoms with Gasteiger partial charge in [0.05, 0.1) is 33.8 Å². The monoisotopic (exact) mass is 740 g/mol. The Bertz CT molecular complexity index is 2050. The lowest BCUT2D eigenvalue weighted by Gasteiger charge is -2.50. The number of halogens is 5. The first-order chi connectivity index (χ1) is 23.9. The van der Waals surface area contributed by atoms with Gasteiger partial charge in [0.15, 0.2) is 5.82 Å². The van der Waals surface area contributed by atoms with Crippen molar-refractivity contribution in [2.75, 3.05) is 5.43 Å². The number of nitrogens with one attached hydrogen (secondary N) is 1. The van der Waals surface area contributed by atoms with E-state index in [0.717, 1.165) is 5.01 Å². The Balaban J connectivity index is 1.45. The van der Waals surface area contributed by atoms with E-state index >= 15 is 4.79 Å². The molecule has 3 fully saturated rings. The third-order valence-electron chi connectivity index (χ3n) is 10.8. The number of pyridine rings is 1. The summed E-state index contributed by atoms with van der Waals surface area (Å²) < 4.78 is 40.3. The van der Waals surface area contributed by atoms with Crippen LogP contribution >= 0.6 is 23.2 Å². The molecule has 0 unspecified atom stereocenters. The molecule has 0 bridgehead atoms. The van der Waals surface area contributed by atoms with Gasteiger partial charge < -0.3 is 5.11 Å². The fourth-order valence-corrected chi connectivity index (χ4v) is 9.04. The van der Waals surface area contributed by atoms with Gasteiger partial charge in [-0.3, -0.25) is 29.5 Å². The van der Waals surface area contributed by atoms with Gasteiger partial charge in [-0.05, 0) is 75.8 Å². The van der Waals surface area contributed by atoms with Gasteiger partial charge in [0.1, 0.15) is 5.75 Å². The third-order valence-corrected chi connectivity index (χ3v) is 11.3. The number of allylic oxidation sites excluding steroid dienone is 2. The highest BCUT2D eigenvalue weighted by Gasteiger charge is 2.71. The maximum atomic E-state index is 15.2. The quantitative estimate of drug-likeness (QED) is 0.214. The maximum absolute atomic E-state index is 15.2. The molecular weight excluding hydrogens is 708 g/mol. The number of phenols is 1. The molecule has 14 heteroatoms. The number of hydrogen-bond acceptors (Lipinski definition) is 7. The molecule has 2 aliphatic heterocycles. The number of aryl methyl sites for hydroxylation is 1. The minimum atomic E-state index is -4.74. The number of fused-ring (bicyclic) bond motifs is 4. The highest BCUT2D eigenvalue weighted by molar-refractivity contribution is 6.33. The number of aromatic nitrogens is 1. The van der Waals surface area contributed by atoms with Crippen LogP contribution in [0.1, 0.15) is 61.8 Å². The van der Waals surface area contributed by atoms with E-state index in [0.29, 0.717) is 39.5 Å². The van der Waals surface area contributed by atoms with Gasteiger partial charge in [0, 0.05) is 28.2 Å². The van der Waals surface area contributed by atoms with Crippen molar-refractivity contribution in [1.29, 1.82) is 0 Å². The lowest BCUT2D eigenvalue weighted by atomic mass is 9.49. The predicted molar refractivity (Wildman–Crippen MR) is 181 cm³/mol. The number of rotatable bonds is 4. The van der Waals surface area contributed by atoms with E-state index in [1.54, 1.807) is 70.2 Å². The third kappa shape index (κ3) is 5.16. The Morgan fingerprint density at radius 3 is 2.27 bits per heavy atom. The average Bonchev–Trinajstić information content (AvgIpc) is 3.44. The first-order valence-electron chi connectivity index (χ1n) is 16.4. The first-order valence-corrected chi connectivity index (χ1v) is 17.1. The number of likely N-dealkylation sites (tertiary alicyclic amines) is 1. The van der Waals surface area contributed by atoms with Gasteiger partial charge in [-0.2, -0.15) is 18.2 Å². The van der Waals surface area contributed by atoms with E-state index in [9.17, 15) is 32.7 Å². The van der Waals surface area contributed by atoms with Crippen molar-refractivity contribution in [3.05, 3.63) is 98.7 Å². The van der Waals surface area contributed by atoms with Gasteiger partial charge in [0.2, 0.25) is 11.8 Å². The Hall–Kier alpha value is -4.42. The average molecular weight is 742 g/mol. The summed E-state index contributed by atoms with van der Waals surface area (Å²) in [5.74, 6) is -7.04. The Labute approximate surface area is 301 Å². The van der Waals surface area contributed by atoms with Crippen LogP contribution in [-0.4, -0.2) is 49.2 Å². The summed E-state index contributed by atoms with van der Waals surface area (Å²) in [5.41, 5.74) is 0.792. The molecule has 0 radical (unpaired) electrons. The molecule has 3 aromatic rings. The molecule has 3 heterocycles. The van der Waals surface area contributed by atoms with E-state index in [4.69, 9.17) is 23.2 Å². The van der Waals surface area contributed by atoms with Crippen LogP contribution in [0.3, 0.4) is 0 Å². The first kappa shape index (κ1) is 35.0. The van der Waals surface area contributed by atoms with Crippen LogP contribution in [0.4, 0.5) is 19.0 Å². The zero-order chi connectivity index (χ0) is 36.9. The number of benzene rings is 2. The topological polar surface area (TPSA) is 120 Å². The Morgan fingerprint density at radius 2 is 1.65 bits per heavy atom. The maximum Gasteiger partial charge on any atom is 0.417 e. The fraction of sp³-hybridized carbons (Fsp3) is 0.378. The molecule has 2 saturated heterocycles. The van der Waals surface area contributed by atoms with E-state index in [1.807, 2.05) is 6.08 Å². The largest absolute Gasteiger partial charge is 0.507 e. The lowest BCUT2D eigenvalue weighted by Crippen LogP contribution is -2.53. The number of imide groups is 2. The van der Waals surface area contributed by atoms with E-state index in [1.165, 1.54) is 4.90 Å². The second kappa shape index (κ2) is 11.8. The zero-order valence-electron chi connectivity index (χ0n) is 27.9. The van der Waals surface area contributed by atoms with Crippen molar-refractivity contribution in [3.63, 3.8) is 0 Å². The van der Waals surface area contributed by atoms with Crippen LogP contribution in [0, 0.1) is 30.6 Å². The molecule has 2 N–H and O–H groups in total. The van der Waals surface area contributed by atoms with Crippen LogP contribution in [0.25, 0.3) is 0 Å². The molecule has 2 aliphatic carbocycles. The standard InChI is InChI=1S/C37H33Cl2F3N4O5/c1-17-6-5-7-23(29(17)47)28-21-12-13-22-27(33(50)45(31(22)48)35(2,3)4)24(21)15-25-32(49)46(34(51)36(25,28)18-8-10-20(38)11-9-18)44-30-26(39)14-19(16-43-30)37(40,41)42/h5-12,14,16,22,24-25,27-28,47H,13,15H2,1-4H3,(H,43,44)/t22-,24+,25-,27-,28+,36+/m0/s1. The number of aromatic hydroxyl groups is 1. The molecule has 1 saturated carbocycles. The second-order valence-corrected chi connectivity index (χ2v) is 15.5. The number of alkyl halides is 3. The number of carbonyl (C=O) groups excluding carboxylic acids is 4. The van der Waals surface area contributed by atoms with Crippen molar-refractivity contribution >= 4 is 52.6 Å². The molecule has 9 nitrogen and oxygen atoms in total. The van der Waals surface area contributed by atoms with Gasteiger partial charge >= 0.3 is 6.18 Å². The number of amides is 4. The minimum Gasteiger partial charge on any atom is -0.507 e. The zero-order valence-corrected chi connectivity index (χ0v) is 29.4. The number of nitrogens with zero attached hydrogens (tertiary/aromatic N) is 3. The molecular formula is C37H33Cl2F3N4O5. The number of hydrazine groups is 1. The summed E-state index contributed by atoms with van der Waals surface area (Å²) in [5, 5.41) is 12.3. The number of para-hydroxylation sites is 1. The second-order valence-electron chi connectivity index (χ2n) is 14.6. The molecule has 51 heavy (non-hydrogen) atoms. The molecule has 4 aliphatic rings. The smallest absolute Gasteiger partial charge is 0.417 e. The van der Waals surface area contributed by atoms with Crippen LogP contribution < -0.4 is 5.43 Å². The lowest BCUT2D eigenvalue weighted by molar-refractivity contribution is -0.146. The highest BCUT2D eigenvalue weighted by Crippen LogP contribution is 2.65. The fourth-order valence-electron chi connectivity index (χ4n) is 8.70. The van der Waals surface area contributed by atoms with Crippen LogP contribution in [0.2, 0.25) is 10.0 Å². The van der Waals surface area contributed by atoms with Gasteiger partial charge in [-0.25, -0.2) is 4.98 Å². The summed E-state index contributed by atoms with van der Waals surface area (Å²) in [4.78, 5) is 63.0. The van der Waals surface area contributed by atoms with Crippen molar-refractivity contribution in [2.24, 2.45) is 23.7 Å². The van der Waals surface area contributed by atoms with Crippen molar-refractivity contribution < 1.29 is 37.5 Å². The van der Waals surface area contributed by atoms with Gasteiger partial charge in [-0.15, -0.1) is 0 Å². The number of hydrogen-bond donors (Lipinski definition) is 2. The number of anilines is 1. The molecule has 7 rings (SSSR count). The number of carbonyl (C=O) groups is 4. The Kier molecular flexibility index (Phi) is 8.11. The summed E-state index contributed by atoms with van der Waals surface area (Å²) in [7, 11) is 0. The molecule has 4 amide bonds. The summed E-state index contributed by atoms with van der Waals surface area (Å²) in [6.45, 7) is 7.03. The number of phenolic OH excluding ortho intramolecular Hbond substituents is 1. The highest BCUT2D eigenvalue weighted by atomic mass is 35.5. The molecule has 266 valence electrons. The summed E-state index contributed by atoms with van der Waals surface area (Å²) in [6.07, 6.45) is -2.15. The van der Waals surface area contributed by atoms with Crippen molar-refractivity contribution in [3.8, 4) is 5.75 Å². The van der Waals surface area contributed by atoms with Crippen LogP contribution in [0.15, 0.2) is 66.4 Å². The molecule has 2 aromatic carbocycles.